The predicted molar refractivity (Wildman–Crippen MR) is 183 cm³/mol. The Balaban J connectivity index is 1.91. The summed E-state index contributed by atoms with van der Waals surface area (Å²) in [6, 6.07) is 0. The average Bonchev–Trinajstić information content (AvgIpc) is 2.87. The second-order valence-corrected chi connectivity index (χ2v) is 13.5. The van der Waals surface area contributed by atoms with Gasteiger partial charge in [0.25, 0.3) is 0 Å². The van der Waals surface area contributed by atoms with Crippen molar-refractivity contribution >= 4 is 0 Å². The number of hydrogen-bond donors (Lipinski definition) is 2. The number of rotatable bonds is 9. The molecule has 2 N–H and O–H groups in total. The van der Waals surface area contributed by atoms with Gasteiger partial charge in [0, 0.05) is 5.92 Å². The third-order valence-corrected chi connectivity index (χ3v) is 8.40. The fourth-order valence-electron chi connectivity index (χ4n) is 5.88. The van der Waals surface area contributed by atoms with Crippen LogP contribution in [-0.2, 0) is 0 Å². The Hall–Kier alpha value is -3.12. The zero-order valence-corrected chi connectivity index (χ0v) is 27.6. The van der Waals surface area contributed by atoms with Gasteiger partial charge in [0.2, 0.25) is 0 Å². The second-order valence-electron chi connectivity index (χ2n) is 13.5. The molecule has 3 atom stereocenters. The van der Waals surface area contributed by atoms with E-state index in [2.05, 4.69) is 103 Å². The molecule has 0 spiro atoms. The minimum Gasteiger partial charge on any atom is -0.393 e. The van der Waals surface area contributed by atoms with Crippen molar-refractivity contribution < 1.29 is 10.2 Å². The topological polar surface area (TPSA) is 40.5 Å². The van der Waals surface area contributed by atoms with Crippen LogP contribution >= 0.6 is 0 Å². The molecule has 0 amide bonds. The molecular weight excluding hydrogens is 512 g/mol. The van der Waals surface area contributed by atoms with Gasteiger partial charge in [0.1, 0.15) is 0 Å². The van der Waals surface area contributed by atoms with Gasteiger partial charge < -0.3 is 10.2 Å². The van der Waals surface area contributed by atoms with E-state index in [1.54, 1.807) is 6.08 Å². The molecule has 2 rings (SSSR count). The lowest BCUT2D eigenvalue weighted by Crippen LogP contribution is -2.28. The first-order valence-corrected chi connectivity index (χ1v) is 15.3. The molecule has 0 saturated carbocycles. The third-order valence-electron chi connectivity index (χ3n) is 8.40. The minimum absolute atomic E-state index is 0.101. The molecule has 0 aromatic heterocycles. The Morgan fingerprint density at radius 3 is 2.24 bits per heavy atom. The van der Waals surface area contributed by atoms with E-state index in [0.29, 0.717) is 23.3 Å². The molecule has 2 aliphatic carbocycles. The van der Waals surface area contributed by atoms with Crippen LogP contribution in [0.1, 0.15) is 88.0 Å². The minimum atomic E-state index is -0.774. The molecule has 2 aliphatic rings. The van der Waals surface area contributed by atoms with Gasteiger partial charge in [-0.15, -0.1) is 0 Å². The molecule has 0 aromatic rings. The van der Waals surface area contributed by atoms with E-state index in [1.165, 1.54) is 35.1 Å². The van der Waals surface area contributed by atoms with Crippen LogP contribution in [0.3, 0.4) is 0 Å². The van der Waals surface area contributed by atoms with Gasteiger partial charge in [-0.1, -0.05) is 124 Å². The normalized spacial score (nSPS) is 24.5. The molecule has 0 fully saturated rings. The third kappa shape index (κ3) is 11.3. The summed E-state index contributed by atoms with van der Waals surface area (Å²) in [5.41, 5.74) is 7.99. The maximum atomic E-state index is 10.5. The summed E-state index contributed by atoms with van der Waals surface area (Å²) in [4.78, 5) is 0. The Morgan fingerprint density at radius 2 is 1.62 bits per heavy atom. The van der Waals surface area contributed by atoms with E-state index in [4.69, 9.17) is 0 Å². The van der Waals surface area contributed by atoms with Crippen LogP contribution in [0, 0.1) is 28.6 Å². The molecule has 0 bridgehead atoms. The van der Waals surface area contributed by atoms with Crippen molar-refractivity contribution in [1.82, 2.24) is 0 Å². The fourth-order valence-corrected chi connectivity index (χ4v) is 5.88. The molecule has 226 valence electrons. The summed E-state index contributed by atoms with van der Waals surface area (Å²) >= 11 is 0. The number of aliphatic hydroxyl groups excluding tert-OH is 2. The van der Waals surface area contributed by atoms with Crippen LogP contribution in [0.15, 0.2) is 119 Å². The SMILES string of the molecule is C=C(/C=C/C1=C(C)C[C@@H](O)CC1(C)C)C(O)/C=C/C(C)=C/C#C/C=C(C)/C=C/C=C(C)/C=C/[C@H]1C(C)=CCCC1(C)C. The molecule has 1 unspecified atom stereocenters. The zero-order chi connectivity index (χ0) is 31.5. The number of allylic oxidation sites excluding steroid dienone is 15. The smallest absolute Gasteiger partial charge is 0.0969 e. The molecular formula is C40H54O2. The van der Waals surface area contributed by atoms with Crippen LogP contribution in [-0.4, -0.2) is 22.4 Å². The van der Waals surface area contributed by atoms with Crippen LogP contribution < -0.4 is 0 Å². The van der Waals surface area contributed by atoms with Crippen molar-refractivity contribution in [1.29, 1.82) is 0 Å². The fraction of sp³-hybridized carbons (Fsp3) is 0.450. The van der Waals surface area contributed by atoms with Crippen molar-refractivity contribution in [3.8, 4) is 11.8 Å². The lowest BCUT2D eigenvalue weighted by molar-refractivity contribution is 0.116. The summed E-state index contributed by atoms with van der Waals surface area (Å²) < 4.78 is 0. The van der Waals surface area contributed by atoms with Gasteiger partial charge in [-0.05, 0) is 106 Å². The van der Waals surface area contributed by atoms with Crippen LogP contribution in [0.5, 0.6) is 0 Å². The molecule has 0 aliphatic heterocycles. The van der Waals surface area contributed by atoms with E-state index in [9.17, 15) is 10.2 Å². The van der Waals surface area contributed by atoms with E-state index in [-0.39, 0.29) is 11.5 Å². The Bertz CT molecular complexity index is 1310. The molecule has 42 heavy (non-hydrogen) atoms. The maximum Gasteiger partial charge on any atom is 0.0969 e. The number of hydrogen-bond acceptors (Lipinski definition) is 2. The van der Waals surface area contributed by atoms with Gasteiger partial charge in [-0.3, -0.25) is 0 Å². The van der Waals surface area contributed by atoms with Crippen molar-refractivity contribution in [2.45, 2.75) is 100 Å². The standard InChI is InChI=1S/C40H54O2/c1-29(17-13-18-31(3)20-23-36-32(4)19-14-26-39(36,7)8)15-11-12-16-30(2)21-25-38(42)33(5)22-24-37-34(6)27-35(41)28-40(37,9)10/h13,15-25,35-36,38,41-42H,5,14,26-28H2,1-4,6-10H3/b17-13+,23-20+,24-22+,25-21+,29-15+,30-16+,31-18+/t35-,36+,38?/m1/s1. The van der Waals surface area contributed by atoms with E-state index < -0.39 is 6.10 Å². The van der Waals surface area contributed by atoms with Gasteiger partial charge >= 0.3 is 0 Å². The Labute approximate surface area is 257 Å². The highest BCUT2D eigenvalue weighted by molar-refractivity contribution is 5.39. The lowest BCUT2D eigenvalue weighted by atomic mass is 9.68. The molecule has 0 radical (unpaired) electrons. The molecule has 0 heterocycles. The van der Waals surface area contributed by atoms with Gasteiger partial charge in [-0.2, -0.15) is 0 Å². The number of aliphatic hydroxyl groups is 2. The van der Waals surface area contributed by atoms with E-state index in [0.717, 1.165) is 17.6 Å². The summed E-state index contributed by atoms with van der Waals surface area (Å²) in [6.07, 6.45) is 27.3. The molecule has 2 heteroatoms. The van der Waals surface area contributed by atoms with Gasteiger partial charge in [-0.25, -0.2) is 0 Å². The van der Waals surface area contributed by atoms with Crippen molar-refractivity contribution in [3.63, 3.8) is 0 Å². The first kappa shape index (κ1) is 35.1. The highest BCUT2D eigenvalue weighted by atomic mass is 16.3. The molecule has 0 saturated heterocycles. The van der Waals surface area contributed by atoms with Crippen molar-refractivity contribution in [3.05, 3.63) is 119 Å². The average molecular weight is 567 g/mol. The molecule has 2 nitrogen and oxygen atoms in total. The quantitative estimate of drug-likeness (QED) is 0.166. The van der Waals surface area contributed by atoms with Crippen molar-refractivity contribution in [2.24, 2.45) is 16.7 Å². The molecule has 0 aromatic carbocycles. The monoisotopic (exact) mass is 566 g/mol. The largest absolute Gasteiger partial charge is 0.393 e. The highest BCUT2D eigenvalue weighted by Crippen LogP contribution is 2.42. The predicted octanol–water partition coefficient (Wildman–Crippen LogP) is 9.85. The first-order chi connectivity index (χ1) is 19.6. The van der Waals surface area contributed by atoms with Crippen LogP contribution in [0.25, 0.3) is 0 Å². The summed E-state index contributed by atoms with van der Waals surface area (Å²) in [5.74, 6) is 6.66. The van der Waals surface area contributed by atoms with E-state index in [1.807, 2.05) is 44.2 Å². The van der Waals surface area contributed by atoms with E-state index >= 15 is 0 Å². The summed E-state index contributed by atoms with van der Waals surface area (Å²) in [7, 11) is 0. The van der Waals surface area contributed by atoms with Crippen LogP contribution in [0.2, 0.25) is 0 Å². The Kier molecular flexibility index (Phi) is 13.3. The van der Waals surface area contributed by atoms with Gasteiger partial charge in [0.05, 0.1) is 12.2 Å². The lowest BCUT2D eigenvalue weighted by Gasteiger charge is -2.36. The summed E-state index contributed by atoms with van der Waals surface area (Å²) in [5, 5.41) is 20.6. The second kappa shape index (κ2) is 15.9. The maximum absolute atomic E-state index is 10.5. The van der Waals surface area contributed by atoms with Gasteiger partial charge in [0.15, 0.2) is 0 Å². The highest BCUT2D eigenvalue weighted by Gasteiger charge is 2.32. The summed E-state index contributed by atoms with van der Waals surface area (Å²) in [6.45, 7) is 23.5. The Morgan fingerprint density at radius 1 is 0.976 bits per heavy atom. The van der Waals surface area contributed by atoms with Crippen LogP contribution in [0.4, 0.5) is 0 Å². The first-order valence-electron chi connectivity index (χ1n) is 15.3. The zero-order valence-electron chi connectivity index (χ0n) is 27.6. The van der Waals surface area contributed by atoms with Crippen molar-refractivity contribution in [2.75, 3.05) is 0 Å².